The minimum Gasteiger partial charge on any atom is -0.312 e. The average Bonchev–Trinajstić information content (AvgIpc) is 2.55. The number of benzene rings is 2. The molecule has 0 aromatic heterocycles. The number of ketones is 1. The van der Waals surface area contributed by atoms with E-state index in [-0.39, 0.29) is 5.78 Å². The minimum absolute atomic E-state index is 0.150. The summed E-state index contributed by atoms with van der Waals surface area (Å²) in [5.41, 5.74) is 5.45. The molecule has 0 unspecified atom stereocenters. The van der Waals surface area contributed by atoms with Gasteiger partial charge in [-0.3, -0.25) is 4.79 Å². The first kappa shape index (κ1) is 14.0. The van der Waals surface area contributed by atoms with Crippen molar-refractivity contribution in [1.29, 1.82) is 0 Å². The second-order valence-electron chi connectivity index (χ2n) is 5.65. The molecule has 2 heteroatoms. The monoisotopic (exact) mass is 279 g/mol. The predicted octanol–water partition coefficient (Wildman–Crippen LogP) is 3.52. The zero-order chi connectivity index (χ0) is 14.7. The van der Waals surface area contributed by atoms with Crippen LogP contribution in [0.25, 0.3) is 0 Å². The van der Waals surface area contributed by atoms with Crippen LogP contribution in [0.2, 0.25) is 0 Å². The first-order chi connectivity index (χ1) is 10.3. The lowest BCUT2D eigenvalue weighted by Gasteiger charge is -2.19. The first-order valence-corrected chi connectivity index (χ1v) is 7.74. The molecule has 3 rings (SSSR count). The molecule has 2 aromatic carbocycles. The molecule has 1 heterocycles. The van der Waals surface area contributed by atoms with Crippen LogP contribution in [0.1, 0.15) is 46.0 Å². The third-order valence-electron chi connectivity index (χ3n) is 4.14. The third-order valence-corrected chi connectivity index (χ3v) is 4.14. The third kappa shape index (κ3) is 2.91. The lowest BCUT2D eigenvalue weighted by Crippen LogP contribution is -2.25. The molecule has 0 atom stereocenters. The van der Waals surface area contributed by atoms with Gasteiger partial charge in [0.2, 0.25) is 0 Å². The maximum absolute atomic E-state index is 12.8. The summed E-state index contributed by atoms with van der Waals surface area (Å²) in [4.78, 5) is 12.8. The van der Waals surface area contributed by atoms with E-state index in [4.69, 9.17) is 0 Å². The number of hydrogen-bond donors (Lipinski definition) is 1. The summed E-state index contributed by atoms with van der Waals surface area (Å²) in [6.07, 6.45) is 3.14. The Morgan fingerprint density at radius 3 is 2.71 bits per heavy atom. The fourth-order valence-corrected chi connectivity index (χ4v) is 3.01. The van der Waals surface area contributed by atoms with E-state index in [9.17, 15) is 4.79 Å². The van der Waals surface area contributed by atoms with E-state index in [1.165, 1.54) is 16.7 Å². The Hall–Kier alpha value is -1.93. The van der Waals surface area contributed by atoms with Crippen molar-refractivity contribution in [2.45, 2.75) is 32.7 Å². The molecule has 1 N–H and O–H groups in total. The van der Waals surface area contributed by atoms with E-state index in [1.807, 2.05) is 24.3 Å². The van der Waals surface area contributed by atoms with Gasteiger partial charge in [-0.1, -0.05) is 55.8 Å². The maximum atomic E-state index is 12.8. The summed E-state index contributed by atoms with van der Waals surface area (Å²) in [5.74, 6) is 0.150. The molecule has 0 amide bonds. The molecule has 0 radical (unpaired) electrons. The first-order valence-electron chi connectivity index (χ1n) is 7.74. The molecule has 0 spiro atoms. The van der Waals surface area contributed by atoms with Crippen molar-refractivity contribution >= 4 is 5.78 Å². The van der Waals surface area contributed by atoms with Crippen LogP contribution in [-0.2, 0) is 19.4 Å². The smallest absolute Gasteiger partial charge is 0.193 e. The zero-order valence-electron chi connectivity index (χ0n) is 12.5. The Balaban J connectivity index is 1.91. The number of hydrogen-bond acceptors (Lipinski definition) is 2. The molecule has 108 valence electrons. The number of nitrogens with one attached hydrogen (secondary N) is 1. The molecule has 1 aliphatic rings. The van der Waals surface area contributed by atoms with Gasteiger partial charge in [0.05, 0.1) is 0 Å². The zero-order valence-corrected chi connectivity index (χ0v) is 12.5. The topological polar surface area (TPSA) is 29.1 Å². The Morgan fingerprint density at radius 1 is 1.14 bits per heavy atom. The van der Waals surface area contributed by atoms with Gasteiger partial charge in [0, 0.05) is 17.7 Å². The molecule has 0 bridgehead atoms. The van der Waals surface area contributed by atoms with Gasteiger partial charge in [-0.2, -0.15) is 0 Å². The molecule has 2 aromatic rings. The normalized spacial score (nSPS) is 13.8. The maximum Gasteiger partial charge on any atom is 0.193 e. The quantitative estimate of drug-likeness (QED) is 0.868. The van der Waals surface area contributed by atoms with E-state index in [2.05, 4.69) is 30.4 Å². The summed E-state index contributed by atoms with van der Waals surface area (Å²) in [6, 6.07) is 14.2. The van der Waals surface area contributed by atoms with Gasteiger partial charge >= 0.3 is 0 Å². The molecule has 21 heavy (non-hydrogen) atoms. The predicted molar refractivity (Wildman–Crippen MR) is 85.7 cm³/mol. The summed E-state index contributed by atoms with van der Waals surface area (Å²) in [5, 5.41) is 3.36. The SMILES string of the molecule is CCCc1ccc(C(=O)c2cccc3c2CCNC3)cc1. The van der Waals surface area contributed by atoms with E-state index in [0.717, 1.165) is 43.5 Å². The molecule has 0 fully saturated rings. The molecule has 0 saturated heterocycles. The Bertz CT molecular complexity index is 643. The van der Waals surface area contributed by atoms with Gasteiger partial charge in [0.15, 0.2) is 5.78 Å². The lowest BCUT2D eigenvalue weighted by atomic mass is 9.91. The highest BCUT2D eigenvalue weighted by Crippen LogP contribution is 2.22. The van der Waals surface area contributed by atoms with Gasteiger partial charge in [0.1, 0.15) is 0 Å². The molecule has 0 aliphatic carbocycles. The van der Waals surface area contributed by atoms with Crippen LogP contribution in [0, 0.1) is 0 Å². The fourth-order valence-electron chi connectivity index (χ4n) is 3.01. The lowest BCUT2D eigenvalue weighted by molar-refractivity contribution is 0.103. The number of carbonyl (C=O) groups excluding carboxylic acids is 1. The van der Waals surface area contributed by atoms with Crippen molar-refractivity contribution in [2.75, 3.05) is 6.54 Å². The van der Waals surface area contributed by atoms with Crippen molar-refractivity contribution in [3.63, 3.8) is 0 Å². The van der Waals surface area contributed by atoms with Crippen LogP contribution in [0.15, 0.2) is 42.5 Å². The number of carbonyl (C=O) groups is 1. The van der Waals surface area contributed by atoms with Crippen LogP contribution in [0.4, 0.5) is 0 Å². The summed E-state index contributed by atoms with van der Waals surface area (Å²) in [7, 11) is 0. The van der Waals surface area contributed by atoms with Gasteiger partial charge in [0.25, 0.3) is 0 Å². The molecular weight excluding hydrogens is 258 g/mol. The highest BCUT2D eigenvalue weighted by atomic mass is 16.1. The standard InChI is InChI=1S/C19H21NO/c1-2-4-14-7-9-15(10-8-14)19(21)18-6-3-5-16-13-20-12-11-17(16)18/h3,5-10,20H,2,4,11-13H2,1H3. The number of rotatable bonds is 4. The van der Waals surface area contributed by atoms with E-state index >= 15 is 0 Å². The van der Waals surface area contributed by atoms with Gasteiger partial charge < -0.3 is 5.32 Å². The summed E-state index contributed by atoms with van der Waals surface area (Å²) >= 11 is 0. The average molecular weight is 279 g/mol. The Labute approximate surface area is 126 Å². The van der Waals surface area contributed by atoms with Gasteiger partial charge in [-0.05, 0) is 36.1 Å². The fraction of sp³-hybridized carbons (Fsp3) is 0.316. The van der Waals surface area contributed by atoms with Crippen LogP contribution in [0.5, 0.6) is 0 Å². The highest BCUT2D eigenvalue weighted by molar-refractivity contribution is 6.10. The van der Waals surface area contributed by atoms with E-state index in [0.29, 0.717) is 0 Å². The van der Waals surface area contributed by atoms with Crippen molar-refractivity contribution in [3.8, 4) is 0 Å². The minimum atomic E-state index is 0.150. The van der Waals surface area contributed by atoms with Crippen LogP contribution in [-0.4, -0.2) is 12.3 Å². The second-order valence-corrected chi connectivity index (χ2v) is 5.65. The van der Waals surface area contributed by atoms with Crippen LogP contribution < -0.4 is 5.32 Å². The number of aryl methyl sites for hydroxylation is 1. The van der Waals surface area contributed by atoms with Crippen LogP contribution >= 0.6 is 0 Å². The summed E-state index contributed by atoms with van der Waals surface area (Å²) in [6.45, 7) is 3.99. The van der Waals surface area contributed by atoms with E-state index < -0.39 is 0 Å². The van der Waals surface area contributed by atoms with Crippen molar-refractivity contribution in [3.05, 3.63) is 70.3 Å². The largest absolute Gasteiger partial charge is 0.312 e. The van der Waals surface area contributed by atoms with Gasteiger partial charge in [-0.25, -0.2) is 0 Å². The molecular formula is C19H21NO. The van der Waals surface area contributed by atoms with Crippen molar-refractivity contribution in [1.82, 2.24) is 5.32 Å². The Kier molecular flexibility index (Phi) is 4.16. The van der Waals surface area contributed by atoms with Crippen molar-refractivity contribution < 1.29 is 4.79 Å². The second kappa shape index (κ2) is 6.23. The van der Waals surface area contributed by atoms with Crippen LogP contribution in [0.3, 0.4) is 0 Å². The van der Waals surface area contributed by atoms with E-state index in [1.54, 1.807) is 0 Å². The molecule has 0 saturated carbocycles. The highest BCUT2D eigenvalue weighted by Gasteiger charge is 2.18. The number of fused-ring (bicyclic) bond motifs is 1. The van der Waals surface area contributed by atoms with Gasteiger partial charge in [-0.15, -0.1) is 0 Å². The Morgan fingerprint density at radius 2 is 1.95 bits per heavy atom. The summed E-state index contributed by atoms with van der Waals surface area (Å²) < 4.78 is 0. The van der Waals surface area contributed by atoms with Crippen molar-refractivity contribution in [2.24, 2.45) is 0 Å². The molecule has 1 aliphatic heterocycles. The molecule has 2 nitrogen and oxygen atoms in total.